The van der Waals surface area contributed by atoms with Crippen LogP contribution in [-0.2, 0) is 11.2 Å². The molecule has 0 aliphatic heterocycles. The largest absolute Gasteiger partial charge is 0.483 e. The van der Waals surface area contributed by atoms with Crippen molar-refractivity contribution < 1.29 is 9.53 Å². The van der Waals surface area contributed by atoms with Gasteiger partial charge in [-0.05, 0) is 63.7 Å². The van der Waals surface area contributed by atoms with Gasteiger partial charge in [0.2, 0.25) is 0 Å². The number of nitrogens with one attached hydrogen (secondary N) is 2. The predicted molar refractivity (Wildman–Crippen MR) is 117 cm³/mol. The fraction of sp³-hybridized carbons (Fsp3) is 0.143. The molecule has 4 nitrogen and oxygen atoms in total. The number of fused-ring (bicyclic) bond motifs is 1. The number of carbonyl (C=O) groups is 1. The normalized spacial score (nSPS) is 10.4. The second-order valence-corrected chi connectivity index (χ2v) is 7.20. The number of thiocarbonyl (C=S) groups is 1. The van der Waals surface area contributed by atoms with Crippen LogP contribution in [0.25, 0.3) is 10.8 Å². The summed E-state index contributed by atoms with van der Waals surface area (Å²) in [4.78, 5) is 12.1. The zero-order valence-electron chi connectivity index (χ0n) is 14.8. The highest BCUT2D eigenvalue weighted by Gasteiger charge is 2.09. The first-order valence-electron chi connectivity index (χ1n) is 8.56. The van der Waals surface area contributed by atoms with Crippen molar-refractivity contribution in [1.29, 1.82) is 0 Å². The lowest BCUT2D eigenvalue weighted by atomic mass is 10.1. The molecule has 3 aromatic rings. The molecule has 0 aliphatic rings. The van der Waals surface area contributed by atoms with Crippen LogP contribution in [0.2, 0.25) is 0 Å². The maximum atomic E-state index is 12.1. The van der Waals surface area contributed by atoms with Crippen LogP contribution in [0.4, 0.5) is 5.69 Å². The summed E-state index contributed by atoms with van der Waals surface area (Å²) in [7, 11) is 0. The Morgan fingerprint density at radius 3 is 2.67 bits per heavy atom. The highest BCUT2D eigenvalue weighted by atomic mass is 79.9. The molecular formula is C21H19BrN2O2S. The molecule has 0 heterocycles. The summed E-state index contributed by atoms with van der Waals surface area (Å²) in [5.41, 5.74) is 2.04. The van der Waals surface area contributed by atoms with Crippen LogP contribution < -0.4 is 15.4 Å². The molecule has 0 aliphatic carbocycles. The van der Waals surface area contributed by atoms with Crippen molar-refractivity contribution in [3.8, 4) is 5.75 Å². The van der Waals surface area contributed by atoms with Gasteiger partial charge in [0.15, 0.2) is 11.7 Å². The number of hydrogen-bond acceptors (Lipinski definition) is 3. The summed E-state index contributed by atoms with van der Waals surface area (Å²) in [6, 6.07) is 19.7. The fourth-order valence-corrected chi connectivity index (χ4v) is 3.44. The van der Waals surface area contributed by atoms with Crippen molar-refractivity contribution in [2.45, 2.75) is 13.3 Å². The van der Waals surface area contributed by atoms with Crippen LogP contribution in [0.3, 0.4) is 0 Å². The van der Waals surface area contributed by atoms with E-state index in [2.05, 4.69) is 33.5 Å². The van der Waals surface area contributed by atoms with Crippen LogP contribution in [0.5, 0.6) is 5.75 Å². The molecule has 0 saturated carbocycles. The van der Waals surface area contributed by atoms with Gasteiger partial charge < -0.3 is 10.1 Å². The molecule has 138 valence electrons. The number of hydrogen-bond donors (Lipinski definition) is 2. The molecule has 0 spiro atoms. The predicted octanol–water partition coefficient (Wildman–Crippen LogP) is 5.06. The van der Waals surface area contributed by atoms with Gasteiger partial charge in [0.1, 0.15) is 5.75 Å². The summed E-state index contributed by atoms with van der Waals surface area (Å²) in [5.74, 6) is 0.300. The van der Waals surface area contributed by atoms with Gasteiger partial charge in [-0.2, -0.15) is 0 Å². The molecule has 0 fully saturated rings. The number of anilines is 1. The smallest absolute Gasteiger partial charge is 0.264 e. The van der Waals surface area contributed by atoms with Crippen LogP contribution in [-0.4, -0.2) is 17.6 Å². The van der Waals surface area contributed by atoms with E-state index >= 15 is 0 Å². The third kappa shape index (κ3) is 5.05. The molecule has 6 heteroatoms. The van der Waals surface area contributed by atoms with Crippen molar-refractivity contribution in [3.63, 3.8) is 0 Å². The Morgan fingerprint density at radius 1 is 1.11 bits per heavy atom. The van der Waals surface area contributed by atoms with E-state index in [1.165, 1.54) is 5.56 Å². The van der Waals surface area contributed by atoms with Gasteiger partial charge in [0, 0.05) is 11.1 Å². The van der Waals surface area contributed by atoms with Gasteiger partial charge in [-0.25, -0.2) is 0 Å². The number of amides is 1. The van der Waals surface area contributed by atoms with E-state index in [1.807, 2.05) is 60.7 Å². The van der Waals surface area contributed by atoms with E-state index in [-0.39, 0.29) is 17.6 Å². The molecule has 0 unspecified atom stereocenters. The van der Waals surface area contributed by atoms with Gasteiger partial charge in [-0.3, -0.25) is 10.1 Å². The van der Waals surface area contributed by atoms with Gasteiger partial charge >= 0.3 is 0 Å². The third-order valence-corrected chi connectivity index (χ3v) is 4.88. The molecule has 0 saturated heterocycles. The SMILES string of the molecule is CCc1ccc(OCC(=O)NC(=S)Nc2cccc3ccccc23)c(Br)c1. The van der Waals surface area contributed by atoms with E-state index in [9.17, 15) is 4.79 Å². The third-order valence-electron chi connectivity index (χ3n) is 4.05. The molecule has 27 heavy (non-hydrogen) atoms. The minimum Gasteiger partial charge on any atom is -0.483 e. The highest BCUT2D eigenvalue weighted by Crippen LogP contribution is 2.26. The molecular weight excluding hydrogens is 424 g/mol. The summed E-state index contributed by atoms with van der Waals surface area (Å²) in [5, 5.41) is 8.09. The second kappa shape index (κ2) is 8.97. The second-order valence-electron chi connectivity index (χ2n) is 5.94. The first-order chi connectivity index (χ1) is 13.1. The maximum absolute atomic E-state index is 12.1. The van der Waals surface area contributed by atoms with E-state index < -0.39 is 0 Å². The first kappa shape index (κ1) is 19.3. The average molecular weight is 443 g/mol. The number of aryl methyl sites for hydroxylation is 1. The summed E-state index contributed by atoms with van der Waals surface area (Å²) in [6.07, 6.45) is 0.938. The number of halogens is 1. The van der Waals surface area contributed by atoms with Gasteiger partial charge in [-0.1, -0.05) is 49.4 Å². The van der Waals surface area contributed by atoms with Crippen LogP contribution in [0.1, 0.15) is 12.5 Å². The Balaban J connectivity index is 1.57. The zero-order valence-corrected chi connectivity index (χ0v) is 17.2. The van der Waals surface area contributed by atoms with E-state index in [1.54, 1.807) is 0 Å². The molecule has 2 N–H and O–H groups in total. The Morgan fingerprint density at radius 2 is 1.89 bits per heavy atom. The van der Waals surface area contributed by atoms with Crippen molar-refractivity contribution in [2.75, 3.05) is 11.9 Å². The molecule has 0 bridgehead atoms. The monoisotopic (exact) mass is 442 g/mol. The first-order valence-corrected chi connectivity index (χ1v) is 9.76. The van der Waals surface area contributed by atoms with E-state index in [4.69, 9.17) is 17.0 Å². The molecule has 0 aromatic heterocycles. The molecule has 3 aromatic carbocycles. The number of benzene rings is 3. The van der Waals surface area contributed by atoms with Crippen LogP contribution >= 0.6 is 28.1 Å². The lowest BCUT2D eigenvalue weighted by Gasteiger charge is -2.13. The maximum Gasteiger partial charge on any atom is 0.264 e. The Kier molecular flexibility index (Phi) is 6.42. The number of ether oxygens (including phenoxy) is 1. The average Bonchev–Trinajstić information content (AvgIpc) is 2.67. The summed E-state index contributed by atoms with van der Waals surface area (Å²) < 4.78 is 6.40. The van der Waals surface area contributed by atoms with Crippen molar-refractivity contribution >= 4 is 55.6 Å². The number of rotatable bonds is 5. The quantitative estimate of drug-likeness (QED) is 0.542. The Labute approximate surface area is 172 Å². The number of carbonyl (C=O) groups excluding carboxylic acids is 1. The summed E-state index contributed by atoms with van der Waals surface area (Å²) in [6.45, 7) is 1.96. The minimum absolute atomic E-state index is 0.124. The van der Waals surface area contributed by atoms with Crippen molar-refractivity contribution in [1.82, 2.24) is 5.32 Å². The molecule has 3 rings (SSSR count). The van der Waals surface area contributed by atoms with Gasteiger partial charge in [0.05, 0.1) is 4.47 Å². The summed E-state index contributed by atoms with van der Waals surface area (Å²) >= 11 is 8.72. The van der Waals surface area contributed by atoms with Crippen molar-refractivity contribution in [3.05, 3.63) is 70.7 Å². The lowest BCUT2D eigenvalue weighted by molar-refractivity contribution is -0.121. The minimum atomic E-state index is -0.320. The lowest BCUT2D eigenvalue weighted by Crippen LogP contribution is -2.37. The van der Waals surface area contributed by atoms with Gasteiger partial charge in [-0.15, -0.1) is 0 Å². The highest BCUT2D eigenvalue weighted by molar-refractivity contribution is 9.10. The molecule has 0 radical (unpaired) electrons. The van der Waals surface area contributed by atoms with Crippen LogP contribution in [0, 0.1) is 0 Å². The van der Waals surface area contributed by atoms with Gasteiger partial charge in [0.25, 0.3) is 5.91 Å². The van der Waals surface area contributed by atoms with Crippen LogP contribution in [0.15, 0.2) is 65.1 Å². The topological polar surface area (TPSA) is 50.4 Å². The molecule has 1 amide bonds. The fourth-order valence-electron chi connectivity index (χ4n) is 2.68. The van der Waals surface area contributed by atoms with Crippen molar-refractivity contribution in [2.24, 2.45) is 0 Å². The molecule has 0 atom stereocenters. The van der Waals surface area contributed by atoms with E-state index in [0.29, 0.717) is 5.75 Å². The zero-order chi connectivity index (χ0) is 19.2. The Hall–Kier alpha value is -2.44. The van der Waals surface area contributed by atoms with E-state index in [0.717, 1.165) is 27.4 Å². The standard InChI is InChI=1S/C21H19BrN2O2S/c1-2-14-10-11-19(17(22)12-14)26-13-20(25)24-21(27)23-18-9-5-7-15-6-3-4-8-16(15)18/h3-12H,2,13H2,1H3,(H2,23,24,25,27). The Bertz CT molecular complexity index is 986.